The van der Waals surface area contributed by atoms with Crippen LogP contribution in [-0.2, 0) is 36.1 Å². The lowest BCUT2D eigenvalue weighted by molar-refractivity contribution is -0.141. The largest absolute Gasteiger partial charge is 0.468 e. The zero-order valence-electron chi connectivity index (χ0n) is 21.0. The number of amides is 1. The van der Waals surface area contributed by atoms with E-state index in [1.165, 1.54) is 58.4 Å². The van der Waals surface area contributed by atoms with Crippen LogP contribution >= 0.6 is 11.3 Å². The number of thiazole rings is 1. The van der Waals surface area contributed by atoms with Gasteiger partial charge in [0.15, 0.2) is 4.80 Å². The molecule has 3 aromatic rings. The summed E-state index contributed by atoms with van der Waals surface area (Å²) in [6.45, 7) is 4.68. The van der Waals surface area contributed by atoms with Crippen LogP contribution in [0.1, 0.15) is 30.6 Å². The van der Waals surface area contributed by atoms with Crippen molar-refractivity contribution in [2.24, 2.45) is 22.0 Å². The molecule has 1 aliphatic rings. The van der Waals surface area contributed by atoms with Gasteiger partial charge in [-0.25, -0.2) is 22.0 Å². The van der Waals surface area contributed by atoms with Gasteiger partial charge in [0.05, 0.1) is 27.1 Å². The Balaban J connectivity index is 1.69. The lowest BCUT2D eigenvalue weighted by atomic mass is 9.94. The Hall–Kier alpha value is -2.91. The molecule has 0 saturated carbocycles. The summed E-state index contributed by atoms with van der Waals surface area (Å²) in [5.74, 6) is -0.740. The second-order valence-corrected chi connectivity index (χ2v) is 13.9. The lowest BCUT2D eigenvalue weighted by Crippen LogP contribution is -2.42. The van der Waals surface area contributed by atoms with E-state index in [0.717, 1.165) is 17.8 Å². The molecule has 2 unspecified atom stereocenters. The van der Waals surface area contributed by atoms with E-state index in [2.05, 4.69) is 4.99 Å². The van der Waals surface area contributed by atoms with Gasteiger partial charge in [-0.1, -0.05) is 25.2 Å². The Labute approximate surface area is 224 Å². The van der Waals surface area contributed by atoms with Gasteiger partial charge in [0.25, 0.3) is 5.91 Å². The standard InChI is InChI=1S/C24H28N4O7S3/c1-15-10-16(2)13-27(12-15)38(33,34)18-6-4-17(5-7-18)23(30)26-24-28(14-22(29)35-3)20-9-8-19(37(25,31)32)11-21(20)36-24/h4-9,11,15-16H,10,12-14H2,1-3H3,(H2,25,31,32). The fraction of sp³-hybridized carbons (Fsp3) is 0.375. The Bertz CT molecular complexity index is 1660. The fourth-order valence-electron chi connectivity index (χ4n) is 4.53. The van der Waals surface area contributed by atoms with Crippen molar-refractivity contribution in [1.82, 2.24) is 8.87 Å². The number of piperidine rings is 1. The molecule has 1 saturated heterocycles. The molecule has 1 aliphatic heterocycles. The number of methoxy groups -OCH3 is 1. The van der Waals surface area contributed by atoms with Gasteiger partial charge in [-0.3, -0.25) is 9.59 Å². The quantitative estimate of drug-likeness (QED) is 0.436. The summed E-state index contributed by atoms with van der Waals surface area (Å²) in [5.41, 5.74) is 0.613. The number of fused-ring (bicyclic) bond motifs is 1. The van der Waals surface area contributed by atoms with Crippen molar-refractivity contribution < 1.29 is 31.2 Å². The summed E-state index contributed by atoms with van der Waals surface area (Å²) in [5, 5.41) is 5.23. The van der Waals surface area contributed by atoms with E-state index < -0.39 is 31.9 Å². The lowest BCUT2D eigenvalue weighted by Gasteiger charge is -2.34. The predicted molar refractivity (Wildman–Crippen MR) is 141 cm³/mol. The molecular weight excluding hydrogens is 552 g/mol. The first-order valence-corrected chi connectivity index (χ1v) is 15.5. The van der Waals surface area contributed by atoms with Crippen LogP contribution in [0.3, 0.4) is 0 Å². The number of nitrogens with zero attached hydrogens (tertiary/aromatic N) is 3. The molecule has 11 nitrogen and oxygen atoms in total. The van der Waals surface area contributed by atoms with Crippen LogP contribution in [0.5, 0.6) is 0 Å². The molecule has 204 valence electrons. The number of sulfonamides is 2. The van der Waals surface area contributed by atoms with Crippen LogP contribution < -0.4 is 9.94 Å². The maximum Gasteiger partial charge on any atom is 0.325 e. The number of benzene rings is 2. The minimum absolute atomic E-state index is 0.0912. The average molecular weight is 581 g/mol. The molecule has 0 bridgehead atoms. The van der Waals surface area contributed by atoms with E-state index in [-0.39, 0.29) is 38.5 Å². The molecule has 0 aliphatic carbocycles. The number of carbonyl (C=O) groups is 2. The SMILES string of the molecule is COC(=O)Cn1c(=NC(=O)c2ccc(S(=O)(=O)N3CC(C)CC(C)C3)cc2)sc2cc(S(N)(=O)=O)ccc21. The van der Waals surface area contributed by atoms with Crippen LogP contribution in [0, 0.1) is 11.8 Å². The number of rotatable bonds is 6. The fourth-order valence-corrected chi connectivity index (χ4v) is 7.90. The van der Waals surface area contributed by atoms with Crippen LogP contribution in [0.15, 0.2) is 57.2 Å². The first-order valence-electron chi connectivity index (χ1n) is 11.7. The molecule has 38 heavy (non-hydrogen) atoms. The van der Waals surface area contributed by atoms with Gasteiger partial charge in [-0.2, -0.15) is 9.30 Å². The van der Waals surface area contributed by atoms with Crippen molar-refractivity contribution >= 4 is 53.5 Å². The number of hydrogen-bond donors (Lipinski definition) is 1. The zero-order valence-corrected chi connectivity index (χ0v) is 23.5. The smallest absolute Gasteiger partial charge is 0.325 e. The van der Waals surface area contributed by atoms with E-state index in [1.54, 1.807) is 0 Å². The van der Waals surface area contributed by atoms with Crippen molar-refractivity contribution in [3.8, 4) is 0 Å². The minimum Gasteiger partial charge on any atom is -0.468 e. The van der Waals surface area contributed by atoms with Gasteiger partial charge in [-0.05, 0) is 60.7 Å². The van der Waals surface area contributed by atoms with E-state index >= 15 is 0 Å². The van der Waals surface area contributed by atoms with Gasteiger partial charge in [0.2, 0.25) is 20.0 Å². The average Bonchev–Trinajstić information content (AvgIpc) is 3.18. The molecule has 2 heterocycles. The molecule has 0 radical (unpaired) electrons. The second kappa shape index (κ2) is 10.7. The van der Waals surface area contributed by atoms with Crippen molar-refractivity contribution in [3.63, 3.8) is 0 Å². The van der Waals surface area contributed by atoms with E-state index in [9.17, 15) is 26.4 Å². The van der Waals surface area contributed by atoms with Crippen LogP contribution in [0.2, 0.25) is 0 Å². The maximum absolute atomic E-state index is 13.1. The highest BCUT2D eigenvalue weighted by molar-refractivity contribution is 7.89. The van der Waals surface area contributed by atoms with Crippen LogP contribution in [0.25, 0.3) is 10.2 Å². The number of hydrogen-bond acceptors (Lipinski definition) is 8. The van der Waals surface area contributed by atoms with Gasteiger partial charge in [0.1, 0.15) is 6.54 Å². The molecular formula is C24H28N4O7S3. The Kier molecular flexibility index (Phi) is 7.91. The molecule has 0 spiro atoms. The summed E-state index contributed by atoms with van der Waals surface area (Å²) in [6.07, 6.45) is 0.970. The highest BCUT2D eigenvalue weighted by Gasteiger charge is 2.31. The molecule has 1 amide bonds. The normalized spacial score (nSPS) is 19.5. The first kappa shape index (κ1) is 28.1. The highest BCUT2D eigenvalue weighted by atomic mass is 32.2. The van der Waals surface area contributed by atoms with E-state index in [4.69, 9.17) is 9.88 Å². The first-order chi connectivity index (χ1) is 17.8. The molecule has 1 aromatic heterocycles. The van der Waals surface area contributed by atoms with Crippen LogP contribution in [-0.4, -0.2) is 57.8 Å². The number of primary sulfonamides is 1. The minimum atomic E-state index is -3.97. The monoisotopic (exact) mass is 580 g/mol. The maximum atomic E-state index is 13.1. The number of aromatic nitrogens is 1. The zero-order chi connectivity index (χ0) is 27.8. The topological polar surface area (TPSA) is 158 Å². The molecule has 2 atom stereocenters. The van der Waals surface area contributed by atoms with E-state index in [0.29, 0.717) is 23.3 Å². The van der Waals surface area contributed by atoms with Gasteiger partial charge < -0.3 is 9.30 Å². The van der Waals surface area contributed by atoms with E-state index in [1.807, 2.05) is 13.8 Å². The van der Waals surface area contributed by atoms with Crippen molar-refractivity contribution in [3.05, 3.63) is 52.8 Å². The number of nitrogens with two attached hydrogens (primary N) is 1. The number of ether oxygens (including phenoxy) is 1. The molecule has 1 fully saturated rings. The van der Waals surface area contributed by atoms with Gasteiger partial charge in [-0.15, -0.1) is 0 Å². The molecule has 4 rings (SSSR count). The van der Waals surface area contributed by atoms with Crippen LogP contribution in [0.4, 0.5) is 0 Å². The van der Waals surface area contributed by atoms with Crippen molar-refractivity contribution in [2.45, 2.75) is 36.6 Å². The summed E-state index contributed by atoms with van der Waals surface area (Å²) in [7, 11) is -6.45. The Morgan fingerprint density at radius 2 is 1.63 bits per heavy atom. The summed E-state index contributed by atoms with van der Waals surface area (Å²) in [4.78, 5) is 29.3. The Morgan fingerprint density at radius 3 is 2.21 bits per heavy atom. The van der Waals surface area contributed by atoms with Crippen molar-refractivity contribution in [1.29, 1.82) is 0 Å². The third kappa shape index (κ3) is 5.89. The third-order valence-corrected chi connectivity index (χ3v) is 10.1. The second-order valence-electron chi connectivity index (χ2n) is 9.43. The predicted octanol–water partition coefficient (Wildman–Crippen LogP) is 1.93. The number of carbonyl (C=O) groups excluding carboxylic acids is 2. The number of esters is 1. The molecule has 2 aromatic carbocycles. The summed E-state index contributed by atoms with van der Waals surface area (Å²) in [6, 6.07) is 9.67. The summed E-state index contributed by atoms with van der Waals surface area (Å²) < 4.78 is 57.9. The molecule has 2 N–H and O–H groups in total. The molecule has 14 heteroatoms. The Morgan fingerprint density at radius 1 is 1.03 bits per heavy atom. The van der Waals surface area contributed by atoms with Gasteiger partial charge >= 0.3 is 5.97 Å². The van der Waals surface area contributed by atoms with Crippen molar-refractivity contribution in [2.75, 3.05) is 20.2 Å². The highest BCUT2D eigenvalue weighted by Crippen LogP contribution is 2.27. The third-order valence-electron chi connectivity index (χ3n) is 6.27. The van der Waals surface area contributed by atoms with Gasteiger partial charge in [0, 0.05) is 18.7 Å². The summed E-state index contributed by atoms with van der Waals surface area (Å²) >= 11 is 1.00.